The first-order valence-electron chi connectivity index (χ1n) is 7.78. The summed E-state index contributed by atoms with van der Waals surface area (Å²) in [6.45, 7) is 3.50. The topological polar surface area (TPSA) is 58.5 Å². The number of hydrogen-bond acceptors (Lipinski definition) is 3. The van der Waals surface area contributed by atoms with Crippen LogP contribution in [0.25, 0.3) is 0 Å². The standard InChI is InChI=1S/C18H24N4O.HI/c1-4-14-8-5-6-9-15(14)12-20-18(19-2)21-13-16-10-7-11-17(22-16)23-3;/h5-11H,4,12-13H2,1-3H3,(H2,19,20,21);1H. The smallest absolute Gasteiger partial charge is 0.213 e. The van der Waals surface area contributed by atoms with E-state index < -0.39 is 0 Å². The number of aliphatic imine (C=N–C) groups is 1. The molecule has 0 bridgehead atoms. The number of aromatic nitrogens is 1. The van der Waals surface area contributed by atoms with E-state index in [1.807, 2.05) is 18.2 Å². The van der Waals surface area contributed by atoms with Crippen LogP contribution in [0.4, 0.5) is 0 Å². The van der Waals surface area contributed by atoms with Crippen molar-refractivity contribution in [1.82, 2.24) is 15.6 Å². The molecular formula is C18H25IN4O. The number of methoxy groups -OCH3 is 1. The molecule has 24 heavy (non-hydrogen) atoms. The number of nitrogens with zero attached hydrogens (tertiary/aromatic N) is 2. The molecule has 130 valence electrons. The van der Waals surface area contributed by atoms with Gasteiger partial charge in [0.2, 0.25) is 5.88 Å². The Kier molecular flexibility index (Phi) is 9.14. The molecule has 0 saturated heterocycles. The van der Waals surface area contributed by atoms with Gasteiger partial charge < -0.3 is 15.4 Å². The Morgan fingerprint density at radius 3 is 2.42 bits per heavy atom. The van der Waals surface area contributed by atoms with E-state index in [2.05, 4.69) is 51.8 Å². The highest BCUT2D eigenvalue weighted by molar-refractivity contribution is 14.0. The Bertz CT molecular complexity index is 661. The summed E-state index contributed by atoms with van der Waals surface area (Å²) >= 11 is 0. The molecule has 0 spiro atoms. The summed E-state index contributed by atoms with van der Waals surface area (Å²) < 4.78 is 5.13. The predicted molar refractivity (Wildman–Crippen MR) is 109 cm³/mol. The molecule has 0 radical (unpaired) electrons. The molecule has 0 saturated carbocycles. The summed E-state index contributed by atoms with van der Waals surface area (Å²) in [5.74, 6) is 1.37. The Morgan fingerprint density at radius 2 is 1.75 bits per heavy atom. The summed E-state index contributed by atoms with van der Waals surface area (Å²) in [6.07, 6.45) is 1.03. The zero-order valence-corrected chi connectivity index (χ0v) is 16.7. The third kappa shape index (κ3) is 5.99. The van der Waals surface area contributed by atoms with Gasteiger partial charge in [0.05, 0.1) is 19.3 Å². The van der Waals surface area contributed by atoms with E-state index in [0.29, 0.717) is 12.4 Å². The van der Waals surface area contributed by atoms with Crippen molar-refractivity contribution < 1.29 is 4.74 Å². The maximum Gasteiger partial charge on any atom is 0.213 e. The van der Waals surface area contributed by atoms with Crippen molar-refractivity contribution in [2.75, 3.05) is 14.2 Å². The Balaban J connectivity index is 0.00000288. The molecule has 2 aromatic rings. The van der Waals surface area contributed by atoms with Crippen LogP contribution < -0.4 is 15.4 Å². The van der Waals surface area contributed by atoms with Gasteiger partial charge in [0.1, 0.15) is 0 Å². The number of hydrogen-bond donors (Lipinski definition) is 2. The maximum absolute atomic E-state index is 5.13. The summed E-state index contributed by atoms with van der Waals surface area (Å²) in [7, 11) is 3.38. The van der Waals surface area contributed by atoms with Gasteiger partial charge in [-0.05, 0) is 23.6 Å². The van der Waals surface area contributed by atoms with Crippen LogP contribution in [-0.2, 0) is 19.5 Å². The minimum absolute atomic E-state index is 0. The SMILES string of the molecule is CCc1ccccc1CNC(=NC)NCc1cccc(OC)n1.I. The molecule has 0 atom stereocenters. The molecule has 0 aliphatic rings. The molecular weight excluding hydrogens is 415 g/mol. The molecule has 0 fully saturated rings. The number of pyridine rings is 1. The fourth-order valence-corrected chi connectivity index (χ4v) is 2.32. The minimum Gasteiger partial charge on any atom is -0.481 e. The highest BCUT2D eigenvalue weighted by Crippen LogP contribution is 2.09. The highest BCUT2D eigenvalue weighted by Gasteiger charge is 2.03. The van der Waals surface area contributed by atoms with Crippen LogP contribution in [-0.4, -0.2) is 25.1 Å². The van der Waals surface area contributed by atoms with Crippen LogP contribution in [0.1, 0.15) is 23.7 Å². The second-order valence-electron chi connectivity index (χ2n) is 5.07. The summed E-state index contributed by atoms with van der Waals surface area (Å²) in [5, 5.41) is 6.60. The van der Waals surface area contributed by atoms with Gasteiger partial charge in [-0.2, -0.15) is 0 Å². The molecule has 0 unspecified atom stereocenters. The largest absolute Gasteiger partial charge is 0.481 e. The summed E-state index contributed by atoms with van der Waals surface area (Å²) in [4.78, 5) is 8.63. The van der Waals surface area contributed by atoms with E-state index in [-0.39, 0.29) is 24.0 Å². The molecule has 1 aromatic heterocycles. The fraction of sp³-hybridized carbons (Fsp3) is 0.333. The van der Waals surface area contributed by atoms with Crippen LogP contribution in [0, 0.1) is 0 Å². The number of guanidine groups is 1. The number of rotatable bonds is 6. The van der Waals surface area contributed by atoms with Crippen molar-refractivity contribution in [3.05, 3.63) is 59.3 Å². The quantitative estimate of drug-likeness (QED) is 0.412. The Hall–Kier alpha value is -1.83. The number of benzene rings is 1. The van der Waals surface area contributed by atoms with Crippen molar-refractivity contribution in [3.8, 4) is 5.88 Å². The van der Waals surface area contributed by atoms with Crippen molar-refractivity contribution in [1.29, 1.82) is 0 Å². The van der Waals surface area contributed by atoms with Gasteiger partial charge in [0.15, 0.2) is 5.96 Å². The molecule has 2 N–H and O–H groups in total. The van der Waals surface area contributed by atoms with Crippen LogP contribution in [0.2, 0.25) is 0 Å². The molecule has 6 heteroatoms. The number of nitrogens with one attached hydrogen (secondary N) is 2. The first-order valence-corrected chi connectivity index (χ1v) is 7.78. The van der Waals surface area contributed by atoms with Crippen molar-refractivity contribution in [2.24, 2.45) is 4.99 Å². The lowest BCUT2D eigenvalue weighted by Gasteiger charge is -2.13. The maximum atomic E-state index is 5.13. The number of aryl methyl sites for hydroxylation is 1. The van der Waals surface area contributed by atoms with Gasteiger partial charge in [0.25, 0.3) is 0 Å². The Labute approximate surface area is 161 Å². The molecule has 5 nitrogen and oxygen atoms in total. The van der Waals surface area contributed by atoms with E-state index in [1.165, 1.54) is 11.1 Å². The van der Waals surface area contributed by atoms with E-state index in [1.54, 1.807) is 14.2 Å². The van der Waals surface area contributed by atoms with Gasteiger partial charge in [-0.3, -0.25) is 4.99 Å². The lowest BCUT2D eigenvalue weighted by Crippen LogP contribution is -2.36. The molecule has 0 aliphatic carbocycles. The van der Waals surface area contributed by atoms with Crippen LogP contribution in [0.3, 0.4) is 0 Å². The monoisotopic (exact) mass is 440 g/mol. The molecule has 0 aliphatic heterocycles. The molecule has 1 heterocycles. The van der Waals surface area contributed by atoms with Crippen LogP contribution in [0.15, 0.2) is 47.5 Å². The van der Waals surface area contributed by atoms with E-state index in [0.717, 1.165) is 24.6 Å². The number of halogens is 1. The average Bonchev–Trinajstić information content (AvgIpc) is 2.62. The first kappa shape index (κ1) is 20.2. The van der Waals surface area contributed by atoms with Crippen molar-refractivity contribution in [2.45, 2.75) is 26.4 Å². The minimum atomic E-state index is 0. The van der Waals surface area contributed by atoms with Gasteiger partial charge in [-0.25, -0.2) is 4.98 Å². The van der Waals surface area contributed by atoms with Crippen molar-refractivity contribution >= 4 is 29.9 Å². The van der Waals surface area contributed by atoms with Crippen LogP contribution >= 0.6 is 24.0 Å². The van der Waals surface area contributed by atoms with E-state index >= 15 is 0 Å². The van der Waals surface area contributed by atoms with Crippen molar-refractivity contribution in [3.63, 3.8) is 0 Å². The van der Waals surface area contributed by atoms with Gasteiger partial charge in [-0.15, -0.1) is 24.0 Å². The lowest BCUT2D eigenvalue weighted by molar-refractivity contribution is 0.396. The zero-order chi connectivity index (χ0) is 16.5. The second-order valence-corrected chi connectivity index (χ2v) is 5.07. The highest BCUT2D eigenvalue weighted by atomic mass is 127. The third-order valence-corrected chi connectivity index (χ3v) is 3.60. The van der Waals surface area contributed by atoms with Gasteiger partial charge >= 0.3 is 0 Å². The third-order valence-electron chi connectivity index (χ3n) is 3.60. The predicted octanol–water partition coefficient (Wildman–Crippen LogP) is 3.14. The van der Waals surface area contributed by atoms with Gasteiger partial charge in [-0.1, -0.05) is 37.3 Å². The second kappa shape index (κ2) is 10.9. The van der Waals surface area contributed by atoms with Crippen LogP contribution in [0.5, 0.6) is 5.88 Å². The normalized spacial score (nSPS) is 10.7. The van der Waals surface area contributed by atoms with Gasteiger partial charge in [0, 0.05) is 19.7 Å². The first-order chi connectivity index (χ1) is 11.3. The van der Waals surface area contributed by atoms with E-state index in [9.17, 15) is 0 Å². The fourth-order valence-electron chi connectivity index (χ4n) is 2.32. The average molecular weight is 440 g/mol. The summed E-state index contributed by atoms with van der Waals surface area (Å²) in [6, 6.07) is 14.1. The number of ether oxygens (including phenoxy) is 1. The molecule has 2 rings (SSSR count). The Morgan fingerprint density at radius 1 is 1.04 bits per heavy atom. The lowest BCUT2D eigenvalue weighted by atomic mass is 10.1. The zero-order valence-electron chi connectivity index (χ0n) is 14.4. The summed E-state index contributed by atoms with van der Waals surface area (Å²) in [5.41, 5.74) is 3.55. The molecule has 0 amide bonds. The van der Waals surface area contributed by atoms with E-state index in [4.69, 9.17) is 4.74 Å². The molecule has 1 aromatic carbocycles.